The zero-order valence-electron chi connectivity index (χ0n) is 13.0. The number of ether oxygens (including phenoxy) is 2. The lowest BCUT2D eigenvalue weighted by atomic mass is 10.0. The summed E-state index contributed by atoms with van der Waals surface area (Å²) in [6, 6.07) is 11.5. The molecule has 1 saturated heterocycles. The summed E-state index contributed by atoms with van der Waals surface area (Å²) in [5, 5.41) is 2.90. The van der Waals surface area contributed by atoms with E-state index in [1.165, 1.54) is 12.1 Å². The third-order valence-electron chi connectivity index (χ3n) is 4.39. The van der Waals surface area contributed by atoms with Crippen LogP contribution in [0.3, 0.4) is 0 Å². The van der Waals surface area contributed by atoms with Crippen LogP contribution in [0.5, 0.6) is 11.5 Å². The molecule has 0 aromatic heterocycles. The number of fused-ring (bicyclic) bond motifs is 1. The van der Waals surface area contributed by atoms with Crippen LogP contribution in [0, 0.1) is 5.82 Å². The van der Waals surface area contributed by atoms with Crippen molar-refractivity contribution in [3.8, 4) is 11.5 Å². The third-order valence-corrected chi connectivity index (χ3v) is 4.39. The van der Waals surface area contributed by atoms with E-state index < -0.39 is 0 Å². The molecule has 1 fully saturated rings. The average Bonchev–Trinajstić information content (AvgIpc) is 3.24. The summed E-state index contributed by atoms with van der Waals surface area (Å²) < 4.78 is 23.7. The lowest BCUT2D eigenvalue weighted by Crippen LogP contribution is -2.34. The van der Waals surface area contributed by atoms with Gasteiger partial charge in [-0.2, -0.15) is 0 Å². The SMILES string of the molecule is O=C(Nc1ccc2c(c1)OCO2)N1CCC[C@@H]1c1ccc(F)cc1. The summed E-state index contributed by atoms with van der Waals surface area (Å²) in [7, 11) is 0. The van der Waals surface area contributed by atoms with E-state index in [0.717, 1.165) is 18.4 Å². The molecule has 2 aromatic carbocycles. The van der Waals surface area contributed by atoms with Crippen LogP contribution < -0.4 is 14.8 Å². The summed E-state index contributed by atoms with van der Waals surface area (Å²) >= 11 is 0. The monoisotopic (exact) mass is 328 g/mol. The van der Waals surface area contributed by atoms with Gasteiger partial charge < -0.3 is 19.7 Å². The maximum atomic E-state index is 13.1. The number of hydrogen-bond acceptors (Lipinski definition) is 3. The molecule has 0 spiro atoms. The van der Waals surface area contributed by atoms with Crippen molar-refractivity contribution in [1.29, 1.82) is 0 Å². The van der Waals surface area contributed by atoms with Gasteiger partial charge in [0.1, 0.15) is 5.82 Å². The van der Waals surface area contributed by atoms with E-state index in [4.69, 9.17) is 9.47 Å². The number of nitrogens with zero attached hydrogens (tertiary/aromatic N) is 1. The summed E-state index contributed by atoms with van der Waals surface area (Å²) in [5.41, 5.74) is 1.61. The molecule has 0 aliphatic carbocycles. The molecular formula is C18H17FN2O3. The first kappa shape index (κ1) is 14.8. The van der Waals surface area contributed by atoms with Gasteiger partial charge in [-0.1, -0.05) is 12.1 Å². The molecule has 0 saturated carbocycles. The molecule has 2 aliphatic rings. The number of anilines is 1. The van der Waals surface area contributed by atoms with Gasteiger partial charge in [0.2, 0.25) is 6.79 Å². The van der Waals surface area contributed by atoms with Gasteiger partial charge in [-0.25, -0.2) is 9.18 Å². The fourth-order valence-electron chi connectivity index (χ4n) is 3.21. The van der Waals surface area contributed by atoms with Gasteiger partial charge in [0.05, 0.1) is 6.04 Å². The van der Waals surface area contributed by atoms with Crippen LogP contribution in [-0.4, -0.2) is 24.3 Å². The van der Waals surface area contributed by atoms with Crippen LogP contribution >= 0.6 is 0 Å². The minimum absolute atomic E-state index is 0.0281. The van der Waals surface area contributed by atoms with E-state index in [0.29, 0.717) is 23.7 Å². The maximum Gasteiger partial charge on any atom is 0.322 e. The van der Waals surface area contributed by atoms with Crippen molar-refractivity contribution in [3.05, 3.63) is 53.8 Å². The summed E-state index contributed by atoms with van der Waals surface area (Å²) in [5.74, 6) is 1.04. The minimum atomic E-state index is -0.270. The van der Waals surface area contributed by atoms with E-state index in [-0.39, 0.29) is 24.7 Å². The molecular weight excluding hydrogens is 311 g/mol. The number of carbonyl (C=O) groups is 1. The van der Waals surface area contributed by atoms with Crippen LogP contribution in [-0.2, 0) is 0 Å². The molecule has 2 aliphatic heterocycles. The second kappa shape index (κ2) is 6.03. The van der Waals surface area contributed by atoms with Gasteiger partial charge in [-0.3, -0.25) is 0 Å². The molecule has 0 unspecified atom stereocenters. The van der Waals surface area contributed by atoms with Crippen LogP contribution in [0.15, 0.2) is 42.5 Å². The van der Waals surface area contributed by atoms with E-state index in [2.05, 4.69) is 5.32 Å². The zero-order chi connectivity index (χ0) is 16.5. The van der Waals surface area contributed by atoms with Gasteiger partial charge in [-0.05, 0) is 42.7 Å². The molecule has 2 aromatic rings. The van der Waals surface area contributed by atoms with Gasteiger partial charge in [-0.15, -0.1) is 0 Å². The quantitative estimate of drug-likeness (QED) is 0.909. The lowest BCUT2D eigenvalue weighted by Gasteiger charge is -2.25. The van der Waals surface area contributed by atoms with E-state index in [1.807, 2.05) is 0 Å². The molecule has 4 rings (SSSR count). The molecule has 1 atom stereocenters. The van der Waals surface area contributed by atoms with Crippen molar-refractivity contribution in [3.63, 3.8) is 0 Å². The minimum Gasteiger partial charge on any atom is -0.454 e. The van der Waals surface area contributed by atoms with Gasteiger partial charge >= 0.3 is 6.03 Å². The number of urea groups is 1. The number of halogens is 1. The second-order valence-corrected chi connectivity index (χ2v) is 5.90. The van der Waals surface area contributed by atoms with E-state index in [9.17, 15) is 9.18 Å². The van der Waals surface area contributed by atoms with Crippen molar-refractivity contribution in [2.45, 2.75) is 18.9 Å². The predicted octanol–water partition coefficient (Wildman–Crippen LogP) is 3.92. The number of nitrogens with one attached hydrogen (secondary N) is 1. The summed E-state index contributed by atoms with van der Waals surface area (Å²) in [4.78, 5) is 14.4. The highest BCUT2D eigenvalue weighted by molar-refractivity contribution is 5.90. The van der Waals surface area contributed by atoms with Crippen molar-refractivity contribution in [2.75, 3.05) is 18.7 Å². The maximum absolute atomic E-state index is 13.1. The Kier molecular flexibility index (Phi) is 3.72. The van der Waals surface area contributed by atoms with Gasteiger partial charge in [0.25, 0.3) is 0 Å². The molecule has 5 nitrogen and oxygen atoms in total. The molecule has 2 heterocycles. The van der Waals surface area contributed by atoms with Gasteiger partial charge in [0, 0.05) is 18.3 Å². The van der Waals surface area contributed by atoms with E-state index >= 15 is 0 Å². The number of amides is 2. The van der Waals surface area contributed by atoms with Crippen molar-refractivity contribution in [2.24, 2.45) is 0 Å². The average molecular weight is 328 g/mol. The Morgan fingerprint density at radius 2 is 1.92 bits per heavy atom. The molecule has 1 N–H and O–H groups in total. The molecule has 24 heavy (non-hydrogen) atoms. The molecule has 0 bridgehead atoms. The second-order valence-electron chi connectivity index (χ2n) is 5.90. The highest BCUT2D eigenvalue weighted by Gasteiger charge is 2.30. The molecule has 2 amide bonds. The van der Waals surface area contributed by atoms with Gasteiger partial charge in [0.15, 0.2) is 11.5 Å². The number of likely N-dealkylation sites (tertiary alicyclic amines) is 1. The van der Waals surface area contributed by atoms with Crippen molar-refractivity contribution in [1.82, 2.24) is 4.90 Å². The highest BCUT2D eigenvalue weighted by Crippen LogP contribution is 2.35. The first-order valence-electron chi connectivity index (χ1n) is 7.93. The Balaban J connectivity index is 1.50. The Morgan fingerprint density at radius 1 is 1.12 bits per heavy atom. The van der Waals surface area contributed by atoms with Crippen molar-refractivity contribution >= 4 is 11.7 Å². The zero-order valence-corrected chi connectivity index (χ0v) is 13.0. The Hall–Kier alpha value is -2.76. The fraction of sp³-hybridized carbons (Fsp3) is 0.278. The summed E-state index contributed by atoms with van der Waals surface area (Å²) in [6.07, 6.45) is 1.80. The molecule has 124 valence electrons. The van der Waals surface area contributed by atoms with E-state index in [1.54, 1.807) is 35.2 Å². The van der Waals surface area contributed by atoms with Crippen molar-refractivity contribution < 1.29 is 18.7 Å². The lowest BCUT2D eigenvalue weighted by molar-refractivity contribution is 0.174. The van der Waals surface area contributed by atoms with Crippen LogP contribution in [0.4, 0.5) is 14.9 Å². The largest absolute Gasteiger partial charge is 0.454 e. The van der Waals surface area contributed by atoms with Crippen LogP contribution in [0.25, 0.3) is 0 Å². The van der Waals surface area contributed by atoms with Crippen LogP contribution in [0.1, 0.15) is 24.4 Å². The Labute approximate surface area is 139 Å². The first-order valence-corrected chi connectivity index (χ1v) is 7.93. The smallest absolute Gasteiger partial charge is 0.322 e. The molecule has 6 heteroatoms. The Morgan fingerprint density at radius 3 is 2.75 bits per heavy atom. The topological polar surface area (TPSA) is 50.8 Å². The number of hydrogen-bond donors (Lipinski definition) is 1. The predicted molar refractivity (Wildman–Crippen MR) is 86.7 cm³/mol. The Bertz CT molecular complexity index is 763. The highest BCUT2D eigenvalue weighted by atomic mass is 19.1. The number of rotatable bonds is 2. The first-order chi connectivity index (χ1) is 11.7. The summed E-state index contributed by atoms with van der Waals surface area (Å²) in [6.45, 7) is 0.879. The van der Waals surface area contributed by atoms with Crippen LogP contribution in [0.2, 0.25) is 0 Å². The fourth-order valence-corrected chi connectivity index (χ4v) is 3.21. The number of benzene rings is 2. The third kappa shape index (κ3) is 2.75. The molecule has 0 radical (unpaired) electrons. The standard InChI is InChI=1S/C18H17FN2O3/c19-13-5-3-12(4-6-13)15-2-1-9-21(15)18(22)20-14-7-8-16-17(10-14)24-11-23-16/h3-8,10,15H,1-2,9,11H2,(H,20,22)/t15-/m1/s1. The normalized spacial score (nSPS) is 18.7. The number of carbonyl (C=O) groups excluding carboxylic acids is 1.